The topological polar surface area (TPSA) is 105 Å². The maximum Gasteiger partial charge on any atom is 0.342 e. The molecular weight excluding hydrogens is 228 g/mol. The molecule has 0 amide bonds. The smallest absolute Gasteiger partial charge is 0.342 e. The number of aromatic amines is 1. The van der Waals surface area contributed by atoms with E-state index in [1.54, 1.807) is 13.0 Å². The van der Waals surface area contributed by atoms with Crippen LogP contribution in [0.3, 0.4) is 0 Å². The van der Waals surface area contributed by atoms with Crippen molar-refractivity contribution >= 4 is 5.97 Å². The molecule has 0 fully saturated rings. The number of aryl methyl sites for hydroxylation is 1. The van der Waals surface area contributed by atoms with Gasteiger partial charge >= 0.3 is 11.7 Å². The summed E-state index contributed by atoms with van der Waals surface area (Å²) in [6.45, 7) is 1.68. The van der Waals surface area contributed by atoms with Gasteiger partial charge in [-0.1, -0.05) is 0 Å². The Kier molecular flexibility index (Phi) is 2.43. The molecule has 0 aliphatic heterocycles. The van der Waals surface area contributed by atoms with E-state index in [4.69, 9.17) is 9.52 Å². The fourth-order valence-corrected chi connectivity index (χ4v) is 1.34. The van der Waals surface area contributed by atoms with Gasteiger partial charge in [0.05, 0.1) is 0 Å². The summed E-state index contributed by atoms with van der Waals surface area (Å²) < 4.78 is 6.10. The number of hydrogen-bond acceptors (Lipinski definition) is 4. The molecule has 0 aliphatic rings. The standard InChI is InChI=1S/C10H8N2O5/c1-5-2-3-7(17-5)12-4-6(9(14)15)8(13)11-10(12)16/h2-4H,1H3,(H,14,15)(H,11,13,16). The molecule has 0 radical (unpaired) electrons. The van der Waals surface area contributed by atoms with Crippen LogP contribution in [0.2, 0.25) is 0 Å². The number of nitrogens with zero attached hydrogens (tertiary/aromatic N) is 1. The van der Waals surface area contributed by atoms with E-state index < -0.39 is 22.8 Å². The average molecular weight is 236 g/mol. The third-order valence-electron chi connectivity index (χ3n) is 2.14. The quantitative estimate of drug-likeness (QED) is 0.770. The Morgan fingerprint density at radius 1 is 1.41 bits per heavy atom. The molecule has 0 aliphatic carbocycles. The molecule has 7 nitrogen and oxygen atoms in total. The lowest BCUT2D eigenvalue weighted by Gasteiger charge is -2.01. The van der Waals surface area contributed by atoms with Crippen molar-refractivity contribution in [1.82, 2.24) is 9.55 Å². The number of aromatic nitrogens is 2. The minimum absolute atomic E-state index is 0.145. The highest BCUT2D eigenvalue weighted by Gasteiger charge is 2.13. The van der Waals surface area contributed by atoms with Gasteiger partial charge in [-0.3, -0.25) is 9.78 Å². The number of H-pyrrole nitrogens is 1. The number of nitrogens with one attached hydrogen (secondary N) is 1. The molecule has 0 spiro atoms. The predicted octanol–water partition coefficient (Wildman–Crippen LogP) is 0.125. The Morgan fingerprint density at radius 2 is 2.12 bits per heavy atom. The minimum Gasteiger partial charge on any atom is -0.477 e. The molecule has 0 bridgehead atoms. The largest absolute Gasteiger partial charge is 0.477 e. The van der Waals surface area contributed by atoms with Crippen molar-refractivity contribution in [3.63, 3.8) is 0 Å². The maximum atomic E-state index is 11.5. The Bertz CT molecular complexity index is 691. The van der Waals surface area contributed by atoms with Crippen molar-refractivity contribution in [3.8, 4) is 5.88 Å². The minimum atomic E-state index is -1.41. The third-order valence-corrected chi connectivity index (χ3v) is 2.14. The molecule has 0 aromatic carbocycles. The second kappa shape index (κ2) is 3.78. The molecule has 0 unspecified atom stereocenters. The van der Waals surface area contributed by atoms with E-state index in [9.17, 15) is 14.4 Å². The van der Waals surface area contributed by atoms with Gasteiger partial charge in [0, 0.05) is 12.3 Å². The number of carbonyl (C=O) groups is 1. The first kappa shape index (κ1) is 10.9. The van der Waals surface area contributed by atoms with Crippen LogP contribution in [-0.4, -0.2) is 20.6 Å². The van der Waals surface area contributed by atoms with E-state index >= 15 is 0 Å². The van der Waals surface area contributed by atoms with Crippen LogP contribution in [0, 0.1) is 6.92 Å². The van der Waals surface area contributed by atoms with Crippen LogP contribution in [0.5, 0.6) is 0 Å². The first-order chi connectivity index (χ1) is 7.99. The average Bonchev–Trinajstić information content (AvgIpc) is 2.64. The summed E-state index contributed by atoms with van der Waals surface area (Å²) in [5.74, 6) is -0.704. The van der Waals surface area contributed by atoms with Crippen LogP contribution >= 0.6 is 0 Å². The normalized spacial score (nSPS) is 10.4. The van der Waals surface area contributed by atoms with Gasteiger partial charge in [-0.15, -0.1) is 0 Å². The van der Waals surface area contributed by atoms with Crippen molar-refractivity contribution in [1.29, 1.82) is 0 Å². The second-order valence-electron chi connectivity index (χ2n) is 3.36. The van der Waals surface area contributed by atoms with Crippen LogP contribution in [0.4, 0.5) is 0 Å². The molecule has 2 aromatic rings. The molecule has 0 atom stereocenters. The molecule has 7 heteroatoms. The number of furan rings is 1. The molecular formula is C10H8N2O5. The van der Waals surface area contributed by atoms with Crippen molar-refractivity contribution in [2.75, 3.05) is 0 Å². The van der Waals surface area contributed by atoms with Crippen LogP contribution < -0.4 is 11.2 Å². The highest BCUT2D eigenvalue weighted by Crippen LogP contribution is 2.09. The lowest BCUT2D eigenvalue weighted by atomic mass is 10.3. The predicted molar refractivity (Wildman–Crippen MR) is 56.6 cm³/mol. The van der Waals surface area contributed by atoms with Crippen LogP contribution in [-0.2, 0) is 0 Å². The monoisotopic (exact) mass is 236 g/mol. The van der Waals surface area contributed by atoms with E-state index in [0.717, 1.165) is 10.8 Å². The van der Waals surface area contributed by atoms with E-state index in [1.807, 2.05) is 4.98 Å². The zero-order valence-corrected chi connectivity index (χ0v) is 8.76. The van der Waals surface area contributed by atoms with Gasteiger partial charge in [0.1, 0.15) is 11.3 Å². The van der Waals surface area contributed by atoms with E-state index in [1.165, 1.54) is 6.07 Å². The summed E-state index contributed by atoms with van der Waals surface area (Å²) in [4.78, 5) is 35.3. The number of rotatable bonds is 2. The fourth-order valence-electron chi connectivity index (χ4n) is 1.34. The highest BCUT2D eigenvalue weighted by molar-refractivity contribution is 5.86. The zero-order valence-electron chi connectivity index (χ0n) is 8.76. The molecule has 2 rings (SSSR count). The first-order valence-corrected chi connectivity index (χ1v) is 4.65. The summed E-state index contributed by atoms with van der Waals surface area (Å²) in [7, 11) is 0. The lowest BCUT2D eigenvalue weighted by Crippen LogP contribution is -2.32. The maximum absolute atomic E-state index is 11.5. The van der Waals surface area contributed by atoms with Gasteiger partial charge in [0.2, 0.25) is 5.88 Å². The third kappa shape index (κ3) is 1.89. The Labute approximate surface area is 93.9 Å². The van der Waals surface area contributed by atoms with Gasteiger partial charge < -0.3 is 9.52 Å². The summed E-state index contributed by atoms with van der Waals surface area (Å²) in [5.41, 5.74) is -2.23. The summed E-state index contributed by atoms with van der Waals surface area (Å²) in [5, 5.41) is 8.77. The Hall–Kier alpha value is -2.57. The van der Waals surface area contributed by atoms with E-state index in [2.05, 4.69) is 0 Å². The highest BCUT2D eigenvalue weighted by atomic mass is 16.4. The first-order valence-electron chi connectivity index (χ1n) is 4.65. The fraction of sp³-hybridized carbons (Fsp3) is 0.100. The van der Waals surface area contributed by atoms with Gasteiger partial charge in [-0.2, -0.15) is 0 Å². The molecule has 2 aromatic heterocycles. The number of carboxylic acids is 1. The summed E-state index contributed by atoms with van der Waals surface area (Å²) >= 11 is 0. The van der Waals surface area contributed by atoms with E-state index in [0.29, 0.717) is 5.76 Å². The Balaban J connectivity index is 2.71. The van der Waals surface area contributed by atoms with Crippen molar-refractivity contribution in [2.45, 2.75) is 6.92 Å². The molecule has 0 saturated carbocycles. The molecule has 88 valence electrons. The molecule has 17 heavy (non-hydrogen) atoms. The van der Waals surface area contributed by atoms with E-state index in [-0.39, 0.29) is 5.88 Å². The van der Waals surface area contributed by atoms with Crippen molar-refractivity contribution in [2.24, 2.45) is 0 Å². The summed E-state index contributed by atoms with van der Waals surface area (Å²) in [6, 6.07) is 3.12. The van der Waals surface area contributed by atoms with Gasteiger partial charge in [0.25, 0.3) is 5.56 Å². The van der Waals surface area contributed by atoms with Gasteiger partial charge in [0.15, 0.2) is 0 Å². The SMILES string of the molecule is Cc1ccc(-n2cc(C(=O)O)c(=O)[nH]c2=O)o1. The number of hydrogen-bond donors (Lipinski definition) is 2. The van der Waals surface area contributed by atoms with Gasteiger partial charge in [-0.05, 0) is 13.0 Å². The lowest BCUT2D eigenvalue weighted by molar-refractivity contribution is 0.0694. The summed E-state index contributed by atoms with van der Waals surface area (Å²) in [6.07, 6.45) is 0.932. The number of carboxylic acid groups (broad SMARTS) is 1. The Morgan fingerprint density at radius 3 is 2.65 bits per heavy atom. The molecule has 2 heterocycles. The zero-order chi connectivity index (χ0) is 12.6. The molecule has 2 N–H and O–H groups in total. The second-order valence-corrected chi connectivity index (χ2v) is 3.36. The van der Waals surface area contributed by atoms with Crippen LogP contribution in [0.1, 0.15) is 16.1 Å². The van der Waals surface area contributed by atoms with Crippen LogP contribution in [0.15, 0.2) is 32.3 Å². The molecule has 0 saturated heterocycles. The van der Waals surface area contributed by atoms with Gasteiger partial charge in [-0.25, -0.2) is 14.2 Å². The number of aromatic carboxylic acids is 1. The van der Waals surface area contributed by atoms with Crippen LogP contribution in [0.25, 0.3) is 5.88 Å². The van der Waals surface area contributed by atoms with Crippen molar-refractivity contribution < 1.29 is 14.3 Å². The van der Waals surface area contributed by atoms with Crippen molar-refractivity contribution in [3.05, 3.63) is 50.5 Å².